The summed E-state index contributed by atoms with van der Waals surface area (Å²) >= 11 is 1.81. The summed E-state index contributed by atoms with van der Waals surface area (Å²) in [6.45, 7) is 0. The van der Waals surface area contributed by atoms with Crippen LogP contribution in [0.25, 0.3) is 93.6 Å². The summed E-state index contributed by atoms with van der Waals surface area (Å²) in [5.41, 5.74) is 12.3. The van der Waals surface area contributed by atoms with Crippen molar-refractivity contribution in [3.05, 3.63) is 163 Å². The topological polar surface area (TPSA) is 30.2 Å². The van der Waals surface area contributed by atoms with Crippen LogP contribution in [-0.2, 0) is 0 Å². The Labute approximate surface area is 281 Å². The Morgan fingerprint density at radius 2 is 0.917 bits per heavy atom. The number of benzene rings is 6. The van der Waals surface area contributed by atoms with Gasteiger partial charge in [0.05, 0.1) is 22.4 Å². The van der Waals surface area contributed by atoms with Gasteiger partial charge in [0, 0.05) is 38.2 Å². The van der Waals surface area contributed by atoms with Gasteiger partial charge in [-0.1, -0.05) is 127 Å². The zero-order chi connectivity index (χ0) is 31.6. The van der Waals surface area contributed by atoms with Crippen molar-refractivity contribution in [1.82, 2.24) is 14.4 Å². The minimum absolute atomic E-state index is 0.713. The Morgan fingerprint density at radius 3 is 1.62 bits per heavy atom. The molecule has 0 atom stereocenters. The standard InChI is InChI=1S/C44H27N3S/c1-3-9-28(10-4-1)29-15-19-32(20-16-29)40-27-39(31-11-5-2-6-12-31)45-43(46-40)33-21-17-30(18-22-33)34-25-37-35-13-7-8-14-41(35)47-42(37)38(26-34)36-23-24-48-44(36)47/h1-27H. The fraction of sp³-hybridized carbons (Fsp3) is 0. The molecule has 4 heterocycles. The van der Waals surface area contributed by atoms with E-state index in [1.54, 1.807) is 0 Å². The Morgan fingerprint density at radius 1 is 0.396 bits per heavy atom. The van der Waals surface area contributed by atoms with Crippen molar-refractivity contribution < 1.29 is 0 Å². The van der Waals surface area contributed by atoms with Crippen molar-refractivity contribution in [1.29, 1.82) is 0 Å². The van der Waals surface area contributed by atoms with Gasteiger partial charge in [0.25, 0.3) is 0 Å². The highest BCUT2D eigenvalue weighted by molar-refractivity contribution is 7.17. The molecule has 4 aromatic heterocycles. The van der Waals surface area contributed by atoms with E-state index in [1.165, 1.54) is 59.7 Å². The van der Waals surface area contributed by atoms with Crippen LogP contribution in [-0.4, -0.2) is 14.4 Å². The van der Waals surface area contributed by atoms with Gasteiger partial charge in [0.15, 0.2) is 5.82 Å². The number of thiophene rings is 1. The molecule has 0 amide bonds. The summed E-state index contributed by atoms with van der Waals surface area (Å²) in [6.07, 6.45) is 0. The lowest BCUT2D eigenvalue weighted by Gasteiger charge is -2.11. The third-order valence-electron chi connectivity index (χ3n) is 9.47. The number of nitrogens with zero attached hydrogens (tertiary/aromatic N) is 3. The van der Waals surface area contributed by atoms with Gasteiger partial charge in [0.1, 0.15) is 4.83 Å². The van der Waals surface area contributed by atoms with Crippen molar-refractivity contribution >= 4 is 48.7 Å². The van der Waals surface area contributed by atoms with E-state index in [0.717, 1.165) is 28.1 Å². The number of rotatable bonds is 5. The number of hydrogen-bond donors (Lipinski definition) is 0. The summed E-state index contributed by atoms with van der Waals surface area (Å²) in [7, 11) is 0. The lowest BCUT2D eigenvalue weighted by atomic mass is 9.98. The number of para-hydroxylation sites is 1. The van der Waals surface area contributed by atoms with Crippen LogP contribution >= 0.6 is 11.3 Å². The van der Waals surface area contributed by atoms with Crippen LogP contribution in [0.1, 0.15) is 0 Å². The van der Waals surface area contributed by atoms with Gasteiger partial charge < -0.3 is 0 Å². The zero-order valence-corrected chi connectivity index (χ0v) is 26.7. The molecule has 0 N–H and O–H groups in total. The van der Waals surface area contributed by atoms with E-state index in [0.29, 0.717) is 5.82 Å². The molecule has 0 unspecified atom stereocenters. The summed E-state index contributed by atoms with van der Waals surface area (Å²) in [4.78, 5) is 11.5. The Bertz CT molecular complexity index is 2740. The van der Waals surface area contributed by atoms with Crippen molar-refractivity contribution in [3.63, 3.8) is 0 Å². The van der Waals surface area contributed by atoms with Crippen LogP contribution in [0.3, 0.4) is 0 Å². The van der Waals surface area contributed by atoms with Crippen molar-refractivity contribution in [2.45, 2.75) is 0 Å². The molecule has 0 aliphatic heterocycles. The number of aromatic nitrogens is 3. The second-order valence-corrected chi connectivity index (χ2v) is 13.2. The molecular formula is C44H27N3S. The van der Waals surface area contributed by atoms with Gasteiger partial charge in [-0.2, -0.15) is 0 Å². The monoisotopic (exact) mass is 629 g/mol. The SMILES string of the molecule is c1ccc(-c2ccc(-c3cc(-c4ccccc4)nc(-c4ccc(-c5cc6c7ccccc7n7c8sccc8c(c5)c67)cc4)n3)cc2)cc1. The number of fused-ring (bicyclic) bond motifs is 6. The average molecular weight is 630 g/mol. The second-order valence-electron chi connectivity index (χ2n) is 12.3. The number of hydrogen-bond acceptors (Lipinski definition) is 3. The van der Waals surface area contributed by atoms with Crippen molar-refractivity contribution in [2.24, 2.45) is 0 Å². The van der Waals surface area contributed by atoms with E-state index in [9.17, 15) is 0 Å². The zero-order valence-electron chi connectivity index (χ0n) is 25.8. The van der Waals surface area contributed by atoms with E-state index in [-0.39, 0.29) is 0 Å². The molecule has 6 aromatic carbocycles. The third-order valence-corrected chi connectivity index (χ3v) is 10.4. The van der Waals surface area contributed by atoms with E-state index in [1.807, 2.05) is 23.5 Å². The van der Waals surface area contributed by atoms with Gasteiger partial charge in [0.2, 0.25) is 0 Å². The predicted molar refractivity (Wildman–Crippen MR) is 202 cm³/mol. The summed E-state index contributed by atoms with van der Waals surface area (Å²) in [5.74, 6) is 0.713. The molecule has 0 saturated carbocycles. The van der Waals surface area contributed by atoms with Crippen molar-refractivity contribution in [3.8, 4) is 56.2 Å². The molecule has 0 saturated heterocycles. The fourth-order valence-corrected chi connectivity index (χ4v) is 8.05. The van der Waals surface area contributed by atoms with Crippen LogP contribution in [0.4, 0.5) is 0 Å². The molecule has 10 aromatic rings. The second kappa shape index (κ2) is 10.7. The average Bonchev–Trinajstić information content (AvgIpc) is 3.86. The summed E-state index contributed by atoms with van der Waals surface area (Å²) in [5, 5.41) is 7.42. The van der Waals surface area contributed by atoms with Crippen LogP contribution in [0.15, 0.2) is 163 Å². The highest BCUT2D eigenvalue weighted by atomic mass is 32.1. The first kappa shape index (κ1) is 27.1. The molecule has 0 aliphatic rings. The highest BCUT2D eigenvalue weighted by Gasteiger charge is 2.19. The quantitative estimate of drug-likeness (QED) is 0.190. The maximum absolute atomic E-state index is 5.11. The molecule has 224 valence electrons. The fourth-order valence-electron chi connectivity index (χ4n) is 7.12. The Kier molecular flexibility index (Phi) is 6.05. The van der Waals surface area contributed by atoms with Gasteiger partial charge >= 0.3 is 0 Å². The molecular weight excluding hydrogens is 603 g/mol. The molecule has 0 aliphatic carbocycles. The van der Waals surface area contributed by atoms with E-state index in [2.05, 4.69) is 155 Å². The van der Waals surface area contributed by atoms with Gasteiger partial charge in [-0.15, -0.1) is 11.3 Å². The lowest BCUT2D eigenvalue weighted by molar-refractivity contribution is 1.18. The molecule has 3 nitrogen and oxygen atoms in total. The largest absolute Gasteiger partial charge is 0.300 e. The maximum atomic E-state index is 5.11. The Hall–Kier alpha value is -6.10. The minimum atomic E-state index is 0.713. The first-order valence-corrected chi connectivity index (χ1v) is 17.0. The first-order valence-electron chi connectivity index (χ1n) is 16.2. The van der Waals surface area contributed by atoms with E-state index < -0.39 is 0 Å². The third kappa shape index (κ3) is 4.27. The van der Waals surface area contributed by atoms with Crippen LogP contribution in [0.5, 0.6) is 0 Å². The molecule has 0 spiro atoms. The van der Waals surface area contributed by atoms with E-state index >= 15 is 0 Å². The van der Waals surface area contributed by atoms with Gasteiger partial charge in [-0.05, 0) is 58.0 Å². The first-order chi connectivity index (χ1) is 23.8. The molecule has 0 fully saturated rings. The Balaban J connectivity index is 1.07. The summed E-state index contributed by atoms with van der Waals surface area (Å²) < 4.78 is 2.44. The van der Waals surface area contributed by atoms with Crippen molar-refractivity contribution in [2.75, 3.05) is 0 Å². The molecule has 0 bridgehead atoms. The minimum Gasteiger partial charge on any atom is -0.300 e. The van der Waals surface area contributed by atoms with Gasteiger partial charge in [-0.25, -0.2) is 9.97 Å². The van der Waals surface area contributed by atoms with Crippen LogP contribution in [0, 0.1) is 0 Å². The predicted octanol–water partition coefficient (Wildman–Crippen LogP) is 12.0. The van der Waals surface area contributed by atoms with E-state index in [4.69, 9.17) is 9.97 Å². The van der Waals surface area contributed by atoms with Crippen LogP contribution < -0.4 is 0 Å². The molecule has 10 rings (SSSR count). The van der Waals surface area contributed by atoms with Gasteiger partial charge in [-0.3, -0.25) is 4.40 Å². The normalized spacial score (nSPS) is 11.8. The highest BCUT2D eigenvalue weighted by Crippen LogP contribution is 2.43. The van der Waals surface area contributed by atoms with Crippen LogP contribution in [0.2, 0.25) is 0 Å². The molecule has 4 heteroatoms. The lowest BCUT2D eigenvalue weighted by Crippen LogP contribution is -1.96. The molecule has 48 heavy (non-hydrogen) atoms. The summed E-state index contributed by atoms with van der Waals surface area (Å²) in [6, 6.07) is 56.0. The smallest absolute Gasteiger partial charge is 0.160 e. The maximum Gasteiger partial charge on any atom is 0.160 e. The molecule has 0 radical (unpaired) electrons.